The van der Waals surface area contributed by atoms with E-state index in [1.807, 2.05) is 38.1 Å². The van der Waals surface area contributed by atoms with Crippen molar-refractivity contribution in [3.8, 4) is 0 Å². The van der Waals surface area contributed by atoms with Gasteiger partial charge in [0.05, 0.1) is 5.52 Å². The van der Waals surface area contributed by atoms with E-state index in [-0.39, 0.29) is 24.1 Å². The number of nitrogens with zero attached hydrogens (tertiary/aromatic N) is 3. The lowest BCUT2D eigenvalue weighted by Crippen LogP contribution is -2.43. The molecule has 0 spiro atoms. The maximum Gasteiger partial charge on any atom is 0.332 e. The summed E-state index contributed by atoms with van der Waals surface area (Å²) < 4.78 is 3.10. The molecule has 3 heterocycles. The predicted octanol–water partition coefficient (Wildman–Crippen LogP) is 3.32. The molecule has 8 heteroatoms. The molecule has 4 rings (SSSR count). The van der Waals surface area contributed by atoms with E-state index >= 15 is 0 Å². The number of aryl methyl sites for hydroxylation is 1. The third-order valence-corrected chi connectivity index (χ3v) is 6.57. The first-order valence-electron chi connectivity index (χ1n) is 10.8. The molecule has 1 aromatic carbocycles. The van der Waals surface area contributed by atoms with Gasteiger partial charge in [0.2, 0.25) is 5.91 Å². The standard InChI is InChI=1S/C24H26N4O3S/c1-3-14-27-23(30)21-20(18-10-7-13-25-22(18)32-21)28(24(27)31)15-19(29)26-16(2)11-12-17-8-5-4-6-9-17/h4-10,13,16H,3,11-12,14-15H2,1-2H3,(H,26,29). The van der Waals surface area contributed by atoms with Crippen LogP contribution >= 0.6 is 11.3 Å². The van der Waals surface area contributed by atoms with Crippen LogP contribution in [0.25, 0.3) is 20.4 Å². The maximum atomic E-state index is 13.2. The van der Waals surface area contributed by atoms with E-state index in [1.165, 1.54) is 26.0 Å². The summed E-state index contributed by atoms with van der Waals surface area (Å²) in [7, 11) is 0. The first-order chi connectivity index (χ1) is 15.5. The van der Waals surface area contributed by atoms with Crippen molar-refractivity contribution in [3.63, 3.8) is 0 Å². The average molecular weight is 451 g/mol. The van der Waals surface area contributed by atoms with Crippen LogP contribution in [0.4, 0.5) is 0 Å². The monoisotopic (exact) mass is 450 g/mol. The van der Waals surface area contributed by atoms with E-state index in [0.29, 0.717) is 28.0 Å². The van der Waals surface area contributed by atoms with Gasteiger partial charge < -0.3 is 5.32 Å². The molecular weight excluding hydrogens is 424 g/mol. The molecule has 0 saturated heterocycles. The van der Waals surface area contributed by atoms with Crippen molar-refractivity contribution in [2.24, 2.45) is 0 Å². The minimum atomic E-state index is -0.458. The van der Waals surface area contributed by atoms with Gasteiger partial charge in [-0.3, -0.25) is 18.7 Å². The summed E-state index contributed by atoms with van der Waals surface area (Å²) in [6.07, 6.45) is 3.95. The number of pyridine rings is 1. The zero-order valence-electron chi connectivity index (χ0n) is 18.2. The number of amides is 1. The van der Waals surface area contributed by atoms with Crippen molar-refractivity contribution in [1.29, 1.82) is 0 Å². The highest BCUT2D eigenvalue weighted by atomic mass is 32.1. The maximum absolute atomic E-state index is 13.2. The van der Waals surface area contributed by atoms with Crippen LogP contribution in [0, 0.1) is 0 Å². The van der Waals surface area contributed by atoms with Crippen molar-refractivity contribution in [2.75, 3.05) is 0 Å². The Hall–Kier alpha value is -3.26. The topological polar surface area (TPSA) is 86.0 Å². The molecule has 4 aromatic rings. The lowest BCUT2D eigenvalue weighted by atomic mass is 10.1. The quantitative estimate of drug-likeness (QED) is 0.446. The molecule has 166 valence electrons. The molecule has 1 amide bonds. The number of fused-ring (bicyclic) bond motifs is 3. The number of benzene rings is 1. The molecule has 0 aliphatic heterocycles. The summed E-state index contributed by atoms with van der Waals surface area (Å²) in [6, 6.07) is 13.7. The molecule has 3 aromatic heterocycles. The summed E-state index contributed by atoms with van der Waals surface area (Å²) in [5.74, 6) is -0.251. The zero-order valence-corrected chi connectivity index (χ0v) is 19.0. The van der Waals surface area contributed by atoms with Gasteiger partial charge in [-0.1, -0.05) is 37.3 Å². The largest absolute Gasteiger partial charge is 0.352 e. The first-order valence-corrected chi connectivity index (χ1v) is 11.7. The molecule has 7 nitrogen and oxygen atoms in total. The second-order valence-corrected chi connectivity index (χ2v) is 8.95. The first kappa shape index (κ1) is 22.0. The van der Waals surface area contributed by atoms with E-state index in [4.69, 9.17) is 0 Å². The average Bonchev–Trinajstić information content (AvgIpc) is 3.18. The van der Waals surface area contributed by atoms with Crippen LogP contribution in [-0.2, 0) is 24.3 Å². The van der Waals surface area contributed by atoms with E-state index < -0.39 is 5.69 Å². The van der Waals surface area contributed by atoms with Crippen LogP contribution in [0.15, 0.2) is 58.3 Å². The highest BCUT2D eigenvalue weighted by Gasteiger charge is 2.20. The molecule has 0 bridgehead atoms. The molecular formula is C24H26N4O3S. The number of hydrogen-bond acceptors (Lipinski definition) is 5. The molecule has 1 N–H and O–H groups in total. The Morgan fingerprint density at radius 3 is 2.66 bits per heavy atom. The summed E-state index contributed by atoms with van der Waals surface area (Å²) in [4.78, 5) is 44.1. The fraction of sp³-hybridized carbons (Fsp3) is 0.333. The summed E-state index contributed by atoms with van der Waals surface area (Å²) in [5.41, 5.74) is 0.936. The third kappa shape index (κ3) is 4.36. The number of rotatable bonds is 8. The van der Waals surface area contributed by atoms with E-state index in [9.17, 15) is 14.4 Å². The van der Waals surface area contributed by atoms with Gasteiger partial charge in [0.25, 0.3) is 5.56 Å². The minimum absolute atomic E-state index is 0.0451. The number of aromatic nitrogens is 3. The van der Waals surface area contributed by atoms with Crippen molar-refractivity contribution in [3.05, 3.63) is 75.1 Å². The van der Waals surface area contributed by atoms with Crippen molar-refractivity contribution in [2.45, 2.75) is 52.2 Å². The molecule has 1 atom stereocenters. The number of nitrogens with one attached hydrogen (secondary N) is 1. The van der Waals surface area contributed by atoms with Gasteiger partial charge in [-0.2, -0.15) is 0 Å². The third-order valence-electron chi connectivity index (χ3n) is 5.48. The predicted molar refractivity (Wildman–Crippen MR) is 128 cm³/mol. The Morgan fingerprint density at radius 1 is 1.12 bits per heavy atom. The molecule has 32 heavy (non-hydrogen) atoms. The van der Waals surface area contributed by atoms with E-state index in [0.717, 1.165) is 18.2 Å². The smallest absolute Gasteiger partial charge is 0.332 e. The number of thiophene rings is 1. The van der Waals surface area contributed by atoms with Crippen molar-refractivity contribution >= 4 is 37.7 Å². The van der Waals surface area contributed by atoms with Crippen LogP contribution in [0.3, 0.4) is 0 Å². The van der Waals surface area contributed by atoms with Crippen LogP contribution < -0.4 is 16.6 Å². The van der Waals surface area contributed by atoms with Gasteiger partial charge in [-0.25, -0.2) is 9.78 Å². The van der Waals surface area contributed by atoms with Gasteiger partial charge in [-0.15, -0.1) is 11.3 Å². The Bertz CT molecular complexity index is 1370. The fourth-order valence-electron chi connectivity index (χ4n) is 3.91. The van der Waals surface area contributed by atoms with Crippen LogP contribution in [0.5, 0.6) is 0 Å². The summed E-state index contributed by atoms with van der Waals surface area (Å²) >= 11 is 1.26. The van der Waals surface area contributed by atoms with E-state index in [2.05, 4.69) is 22.4 Å². The Labute approximate surface area is 189 Å². The number of carbonyl (C=O) groups excluding carboxylic acids is 1. The minimum Gasteiger partial charge on any atom is -0.352 e. The summed E-state index contributed by atoms with van der Waals surface area (Å²) in [6.45, 7) is 4.04. The molecule has 0 saturated carbocycles. The normalized spacial score (nSPS) is 12.3. The van der Waals surface area contributed by atoms with E-state index in [1.54, 1.807) is 12.3 Å². The summed E-state index contributed by atoms with van der Waals surface area (Å²) in [5, 5.41) is 3.72. The zero-order chi connectivity index (χ0) is 22.7. The molecule has 0 fully saturated rings. The fourth-order valence-corrected chi connectivity index (χ4v) is 5.01. The Morgan fingerprint density at radius 2 is 1.91 bits per heavy atom. The molecule has 0 aliphatic rings. The Kier molecular flexibility index (Phi) is 6.50. The molecule has 0 radical (unpaired) electrons. The van der Waals surface area contributed by atoms with Crippen LogP contribution in [0.1, 0.15) is 32.3 Å². The number of hydrogen-bond donors (Lipinski definition) is 1. The van der Waals surface area contributed by atoms with Crippen LogP contribution in [-0.4, -0.2) is 26.1 Å². The lowest BCUT2D eigenvalue weighted by Gasteiger charge is -2.16. The molecule has 0 aliphatic carbocycles. The second-order valence-electron chi connectivity index (χ2n) is 7.95. The Balaban J connectivity index is 1.63. The van der Waals surface area contributed by atoms with Crippen molar-refractivity contribution < 1.29 is 4.79 Å². The van der Waals surface area contributed by atoms with Crippen LogP contribution in [0.2, 0.25) is 0 Å². The lowest BCUT2D eigenvalue weighted by molar-refractivity contribution is -0.122. The second kappa shape index (κ2) is 9.48. The van der Waals surface area contributed by atoms with Gasteiger partial charge >= 0.3 is 5.69 Å². The van der Waals surface area contributed by atoms with Gasteiger partial charge in [0.1, 0.15) is 16.1 Å². The SMILES string of the molecule is CCCn1c(=O)c2sc3ncccc3c2n(CC(=O)NC(C)CCc2ccccc2)c1=O. The van der Waals surface area contributed by atoms with Gasteiger partial charge in [0, 0.05) is 24.2 Å². The number of carbonyl (C=O) groups is 1. The highest BCUT2D eigenvalue weighted by molar-refractivity contribution is 7.25. The highest BCUT2D eigenvalue weighted by Crippen LogP contribution is 2.29. The van der Waals surface area contributed by atoms with Gasteiger partial charge in [-0.05, 0) is 43.9 Å². The van der Waals surface area contributed by atoms with Gasteiger partial charge in [0.15, 0.2) is 0 Å². The molecule has 1 unspecified atom stereocenters. The van der Waals surface area contributed by atoms with Crippen molar-refractivity contribution in [1.82, 2.24) is 19.4 Å².